The van der Waals surface area contributed by atoms with Gasteiger partial charge in [-0.1, -0.05) is 32.6 Å². The molecule has 0 spiro atoms. The van der Waals surface area contributed by atoms with Crippen molar-refractivity contribution in [3.8, 4) is 5.75 Å². The average Bonchev–Trinajstić information content (AvgIpc) is 3.08. The van der Waals surface area contributed by atoms with E-state index < -0.39 is 0 Å². The van der Waals surface area contributed by atoms with E-state index in [-0.39, 0.29) is 11.8 Å². The molecular weight excluding hydrogens is 274 g/mol. The highest BCUT2D eigenvalue weighted by Gasteiger charge is 2.28. The third kappa shape index (κ3) is 4.57. The second-order valence-corrected chi connectivity index (χ2v) is 6.20. The van der Waals surface area contributed by atoms with Crippen LogP contribution in [-0.4, -0.2) is 36.9 Å². The maximum Gasteiger partial charge on any atom is 0.179 e. The molecule has 0 unspecified atom stereocenters. The molecule has 0 N–H and O–H groups in total. The topological polar surface area (TPSA) is 29.5 Å². The lowest BCUT2D eigenvalue weighted by Crippen LogP contribution is -2.39. The van der Waals surface area contributed by atoms with Crippen LogP contribution in [0.4, 0.5) is 0 Å². The smallest absolute Gasteiger partial charge is 0.179 e. The fourth-order valence-electron chi connectivity index (χ4n) is 3.24. The molecule has 1 aliphatic rings. The van der Waals surface area contributed by atoms with Crippen LogP contribution in [0, 0.1) is 0 Å². The summed E-state index contributed by atoms with van der Waals surface area (Å²) in [6.45, 7) is 4.36. The van der Waals surface area contributed by atoms with E-state index in [0.717, 1.165) is 37.2 Å². The van der Waals surface area contributed by atoms with E-state index in [1.165, 1.54) is 32.1 Å². The number of methoxy groups -OCH3 is 1. The molecule has 1 aromatic rings. The number of ketones is 1. The number of carbonyl (C=O) groups excluding carboxylic acids is 1. The molecule has 0 aliphatic carbocycles. The molecule has 1 heterocycles. The summed E-state index contributed by atoms with van der Waals surface area (Å²) in [6.07, 6.45) is 8.32. The Balaban J connectivity index is 2.03. The Labute approximate surface area is 134 Å². The van der Waals surface area contributed by atoms with Gasteiger partial charge in [0.2, 0.25) is 0 Å². The lowest BCUT2D eigenvalue weighted by Gasteiger charge is -2.26. The van der Waals surface area contributed by atoms with E-state index in [0.29, 0.717) is 0 Å². The van der Waals surface area contributed by atoms with Crippen LogP contribution in [0.15, 0.2) is 24.3 Å². The number of likely N-dealkylation sites (tertiary alicyclic amines) is 1. The molecule has 0 saturated carbocycles. The number of rotatable bonds is 9. The fraction of sp³-hybridized carbons (Fsp3) is 0.632. The predicted octanol–water partition coefficient (Wildman–Crippen LogP) is 4.31. The van der Waals surface area contributed by atoms with Crippen LogP contribution in [-0.2, 0) is 0 Å². The highest BCUT2D eigenvalue weighted by molar-refractivity contribution is 6.00. The number of carbonyl (C=O) groups is 1. The summed E-state index contributed by atoms with van der Waals surface area (Å²) in [5.74, 6) is 1.08. The number of Topliss-reactive ketones (excluding diaryl/α,β-unsaturated/α-hetero) is 1. The summed E-state index contributed by atoms with van der Waals surface area (Å²) >= 11 is 0. The van der Waals surface area contributed by atoms with Gasteiger partial charge >= 0.3 is 0 Å². The van der Waals surface area contributed by atoms with Gasteiger partial charge in [-0.3, -0.25) is 9.69 Å². The Kier molecular flexibility index (Phi) is 6.91. The van der Waals surface area contributed by atoms with Crippen molar-refractivity contribution in [2.45, 2.75) is 57.9 Å². The second kappa shape index (κ2) is 8.94. The molecule has 0 radical (unpaired) electrons. The van der Waals surface area contributed by atoms with E-state index in [2.05, 4.69) is 11.8 Å². The van der Waals surface area contributed by atoms with Crippen molar-refractivity contribution in [2.24, 2.45) is 0 Å². The summed E-state index contributed by atoms with van der Waals surface area (Å²) in [5, 5.41) is 0. The quantitative estimate of drug-likeness (QED) is 0.503. The van der Waals surface area contributed by atoms with E-state index >= 15 is 0 Å². The molecular formula is C19H29NO2. The zero-order chi connectivity index (χ0) is 15.8. The molecule has 2 rings (SSSR count). The minimum Gasteiger partial charge on any atom is -0.497 e. The van der Waals surface area contributed by atoms with Gasteiger partial charge in [0.15, 0.2) is 5.78 Å². The first-order chi connectivity index (χ1) is 10.8. The number of ether oxygens (including phenoxy) is 1. The summed E-state index contributed by atoms with van der Waals surface area (Å²) in [6, 6.07) is 7.62. The summed E-state index contributed by atoms with van der Waals surface area (Å²) < 4.78 is 5.18. The predicted molar refractivity (Wildman–Crippen MR) is 90.7 cm³/mol. The Bertz CT molecular complexity index is 449. The van der Waals surface area contributed by atoms with Gasteiger partial charge in [0.1, 0.15) is 5.75 Å². The first-order valence-corrected chi connectivity index (χ1v) is 8.68. The van der Waals surface area contributed by atoms with Gasteiger partial charge in [-0.25, -0.2) is 0 Å². The van der Waals surface area contributed by atoms with E-state index in [4.69, 9.17) is 4.74 Å². The number of hydrogen-bond acceptors (Lipinski definition) is 3. The van der Waals surface area contributed by atoms with Crippen molar-refractivity contribution in [1.82, 2.24) is 4.90 Å². The van der Waals surface area contributed by atoms with Crippen LogP contribution >= 0.6 is 0 Å². The number of hydrogen-bond donors (Lipinski definition) is 0. The fourth-order valence-corrected chi connectivity index (χ4v) is 3.24. The average molecular weight is 303 g/mol. The molecule has 0 amide bonds. The van der Waals surface area contributed by atoms with Crippen LogP contribution in [0.3, 0.4) is 0 Å². The van der Waals surface area contributed by atoms with Crippen molar-refractivity contribution in [3.63, 3.8) is 0 Å². The summed E-state index contributed by atoms with van der Waals surface area (Å²) in [4.78, 5) is 15.3. The Morgan fingerprint density at radius 2 is 1.82 bits per heavy atom. The molecule has 1 aromatic carbocycles. The van der Waals surface area contributed by atoms with Crippen LogP contribution < -0.4 is 4.74 Å². The molecule has 1 fully saturated rings. The molecule has 0 aromatic heterocycles. The van der Waals surface area contributed by atoms with Crippen LogP contribution in [0.1, 0.15) is 62.2 Å². The number of unbranched alkanes of at least 4 members (excludes halogenated alkanes) is 3. The normalized spacial score (nSPS) is 16.6. The maximum absolute atomic E-state index is 12.9. The van der Waals surface area contributed by atoms with Crippen molar-refractivity contribution >= 4 is 5.78 Å². The lowest BCUT2D eigenvalue weighted by atomic mass is 9.97. The number of nitrogens with zero attached hydrogens (tertiary/aromatic N) is 1. The van der Waals surface area contributed by atoms with Crippen molar-refractivity contribution in [3.05, 3.63) is 29.8 Å². The van der Waals surface area contributed by atoms with Crippen molar-refractivity contribution in [1.29, 1.82) is 0 Å². The SMILES string of the molecule is CCCCCC[C@H](C(=O)c1ccc(OC)cc1)N1CCCC1. The van der Waals surface area contributed by atoms with Crippen molar-refractivity contribution < 1.29 is 9.53 Å². The Morgan fingerprint density at radius 3 is 2.41 bits per heavy atom. The van der Waals surface area contributed by atoms with E-state index in [1.807, 2.05) is 24.3 Å². The van der Waals surface area contributed by atoms with Gasteiger partial charge in [0.05, 0.1) is 13.2 Å². The van der Waals surface area contributed by atoms with Gasteiger partial charge in [-0.2, -0.15) is 0 Å². The molecule has 22 heavy (non-hydrogen) atoms. The highest BCUT2D eigenvalue weighted by Crippen LogP contribution is 2.22. The lowest BCUT2D eigenvalue weighted by molar-refractivity contribution is 0.0834. The zero-order valence-corrected chi connectivity index (χ0v) is 14.0. The van der Waals surface area contributed by atoms with Crippen molar-refractivity contribution in [2.75, 3.05) is 20.2 Å². The molecule has 3 nitrogen and oxygen atoms in total. The largest absolute Gasteiger partial charge is 0.497 e. The molecule has 1 saturated heterocycles. The Morgan fingerprint density at radius 1 is 1.14 bits per heavy atom. The third-order valence-corrected chi connectivity index (χ3v) is 4.59. The number of benzene rings is 1. The molecule has 1 aliphatic heterocycles. The zero-order valence-electron chi connectivity index (χ0n) is 14.0. The van der Waals surface area contributed by atoms with Crippen LogP contribution in [0.2, 0.25) is 0 Å². The monoisotopic (exact) mass is 303 g/mol. The maximum atomic E-state index is 12.9. The van der Waals surface area contributed by atoms with E-state index in [9.17, 15) is 4.79 Å². The van der Waals surface area contributed by atoms with Gasteiger partial charge in [0.25, 0.3) is 0 Å². The highest BCUT2D eigenvalue weighted by atomic mass is 16.5. The molecule has 3 heteroatoms. The minimum atomic E-state index is 0.0627. The first-order valence-electron chi connectivity index (χ1n) is 8.68. The minimum absolute atomic E-state index is 0.0627. The third-order valence-electron chi connectivity index (χ3n) is 4.59. The second-order valence-electron chi connectivity index (χ2n) is 6.20. The molecule has 0 bridgehead atoms. The molecule has 122 valence electrons. The van der Waals surface area contributed by atoms with Gasteiger partial charge < -0.3 is 4.74 Å². The Hall–Kier alpha value is -1.35. The van der Waals surface area contributed by atoms with Crippen LogP contribution in [0.5, 0.6) is 5.75 Å². The van der Waals surface area contributed by atoms with Gasteiger partial charge in [-0.15, -0.1) is 0 Å². The standard InChI is InChI=1S/C19H29NO2/c1-3-4-5-6-9-18(20-14-7-8-15-20)19(21)16-10-12-17(22-2)13-11-16/h10-13,18H,3-9,14-15H2,1-2H3/t18-/m1/s1. The summed E-state index contributed by atoms with van der Waals surface area (Å²) in [7, 11) is 1.65. The summed E-state index contributed by atoms with van der Waals surface area (Å²) in [5.41, 5.74) is 0.813. The molecule has 1 atom stereocenters. The van der Waals surface area contributed by atoms with E-state index in [1.54, 1.807) is 7.11 Å². The van der Waals surface area contributed by atoms with Crippen LogP contribution in [0.25, 0.3) is 0 Å². The first kappa shape index (κ1) is 17.0. The van der Waals surface area contributed by atoms with Gasteiger partial charge in [-0.05, 0) is 56.6 Å². The van der Waals surface area contributed by atoms with Gasteiger partial charge in [0, 0.05) is 5.56 Å².